The molecule has 84 valence electrons. The van der Waals surface area contributed by atoms with Crippen LogP contribution >= 0.6 is 11.6 Å². The van der Waals surface area contributed by atoms with Gasteiger partial charge >= 0.3 is 0 Å². The highest BCUT2D eigenvalue weighted by atomic mass is 35.5. The zero-order valence-electron chi connectivity index (χ0n) is 9.13. The second-order valence-corrected chi connectivity index (χ2v) is 3.98. The van der Waals surface area contributed by atoms with Gasteiger partial charge in [-0.25, -0.2) is 0 Å². The monoisotopic (exact) mass is 237 g/mol. The van der Waals surface area contributed by atoms with Gasteiger partial charge in [-0.15, -0.1) is 10.2 Å². The van der Waals surface area contributed by atoms with Crippen molar-refractivity contribution in [2.24, 2.45) is 7.05 Å². The molecule has 0 saturated carbocycles. The SMILES string of the molecule is CN(Cc1cnn(C)c1)c1ccc(Cl)nn1. The Morgan fingerprint density at radius 3 is 2.75 bits per heavy atom. The Hall–Kier alpha value is -1.62. The number of hydrogen-bond acceptors (Lipinski definition) is 4. The van der Waals surface area contributed by atoms with E-state index in [9.17, 15) is 0 Å². The molecule has 16 heavy (non-hydrogen) atoms. The average Bonchev–Trinajstić information content (AvgIpc) is 2.65. The van der Waals surface area contributed by atoms with Gasteiger partial charge in [-0.05, 0) is 12.1 Å². The van der Waals surface area contributed by atoms with E-state index in [1.165, 1.54) is 0 Å². The molecule has 0 fully saturated rings. The molecule has 2 aromatic heterocycles. The van der Waals surface area contributed by atoms with E-state index in [1.807, 2.05) is 37.5 Å². The van der Waals surface area contributed by atoms with Gasteiger partial charge in [0.1, 0.15) is 0 Å². The van der Waals surface area contributed by atoms with Gasteiger partial charge in [0.25, 0.3) is 0 Å². The minimum absolute atomic E-state index is 0.401. The molecule has 0 atom stereocenters. The first-order chi connectivity index (χ1) is 7.65. The lowest BCUT2D eigenvalue weighted by molar-refractivity contribution is 0.766. The first-order valence-corrected chi connectivity index (χ1v) is 5.21. The molecule has 0 aliphatic carbocycles. The van der Waals surface area contributed by atoms with Crippen LogP contribution in [0.5, 0.6) is 0 Å². The van der Waals surface area contributed by atoms with Crippen LogP contribution in [-0.4, -0.2) is 27.0 Å². The Balaban J connectivity index is 2.08. The third-order valence-corrected chi connectivity index (χ3v) is 2.39. The van der Waals surface area contributed by atoms with Gasteiger partial charge in [-0.2, -0.15) is 5.10 Å². The summed E-state index contributed by atoms with van der Waals surface area (Å²) in [6, 6.07) is 3.56. The van der Waals surface area contributed by atoms with E-state index in [4.69, 9.17) is 11.6 Å². The van der Waals surface area contributed by atoms with Gasteiger partial charge in [0, 0.05) is 32.4 Å². The van der Waals surface area contributed by atoms with Crippen molar-refractivity contribution in [1.82, 2.24) is 20.0 Å². The Kier molecular flexibility index (Phi) is 3.05. The van der Waals surface area contributed by atoms with Crippen LogP contribution < -0.4 is 4.90 Å². The lowest BCUT2D eigenvalue weighted by atomic mass is 10.3. The van der Waals surface area contributed by atoms with Crippen LogP contribution in [0.15, 0.2) is 24.5 Å². The van der Waals surface area contributed by atoms with Crippen molar-refractivity contribution in [3.63, 3.8) is 0 Å². The van der Waals surface area contributed by atoms with Crippen LogP contribution in [0.1, 0.15) is 5.56 Å². The summed E-state index contributed by atoms with van der Waals surface area (Å²) in [4.78, 5) is 1.99. The van der Waals surface area contributed by atoms with Crippen LogP contribution in [0.4, 0.5) is 5.82 Å². The second-order valence-electron chi connectivity index (χ2n) is 3.59. The fraction of sp³-hybridized carbons (Fsp3) is 0.300. The minimum atomic E-state index is 0.401. The molecule has 0 spiro atoms. The molecule has 0 bridgehead atoms. The highest BCUT2D eigenvalue weighted by Crippen LogP contribution is 2.12. The van der Waals surface area contributed by atoms with Gasteiger partial charge in [0.2, 0.25) is 0 Å². The second kappa shape index (κ2) is 4.49. The van der Waals surface area contributed by atoms with Gasteiger partial charge < -0.3 is 4.90 Å². The van der Waals surface area contributed by atoms with Crippen LogP contribution in [0.3, 0.4) is 0 Å². The van der Waals surface area contributed by atoms with Crippen molar-refractivity contribution < 1.29 is 0 Å². The average molecular weight is 238 g/mol. The predicted molar refractivity (Wildman–Crippen MR) is 62.4 cm³/mol. The molecule has 0 saturated heterocycles. The molecule has 0 aromatic carbocycles. The molecule has 2 aromatic rings. The molecule has 0 aliphatic rings. The van der Waals surface area contributed by atoms with Gasteiger partial charge in [-0.3, -0.25) is 4.68 Å². The molecule has 0 amide bonds. The quantitative estimate of drug-likeness (QED) is 0.812. The molecule has 0 unspecified atom stereocenters. The Morgan fingerprint density at radius 1 is 1.38 bits per heavy atom. The van der Waals surface area contributed by atoms with E-state index in [0.29, 0.717) is 5.15 Å². The van der Waals surface area contributed by atoms with E-state index in [2.05, 4.69) is 15.3 Å². The number of aromatic nitrogens is 4. The highest BCUT2D eigenvalue weighted by molar-refractivity contribution is 6.29. The van der Waals surface area contributed by atoms with Gasteiger partial charge in [0.05, 0.1) is 6.20 Å². The maximum absolute atomic E-state index is 5.67. The molecular formula is C10H12ClN5. The topological polar surface area (TPSA) is 46.8 Å². The molecule has 2 rings (SSSR count). The van der Waals surface area contributed by atoms with Gasteiger partial charge in [0.15, 0.2) is 11.0 Å². The normalized spacial score (nSPS) is 10.4. The summed E-state index contributed by atoms with van der Waals surface area (Å²) in [5.41, 5.74) is 1.13. The summed E-state index contributed by atoms with van der Waals surface area (Å²) in [6.45, 7) is 0.740. The lowest BCUT2D eigenvalue weighted by Crippen LogP contribution is -2.17. The summed E-state index contributed by atoms with van der Waals surface area (Å²) >= 11 is 5.67. The Bertz CT molecular complexity index is 464. The van der Waals surface area contributed by atoms with E-state index in [-0.39, 0.29) is 0 Å². The van der Waals surface area contributed by atoms with Crippen molar-refractivity contribution in [3.05, 3.63) is 35.2 Å². The summed E-state index contributed by atoms with van der Waals surface area (Å²) in [6.07, 6.45) is 3.81. The third kappa shape index (κ3) is 2.49. The van der Waals surface area contributed by atoms with E-state index in [0.717, 1.165) is 17.9 Å². The van der Waals surface area contributed by atoms with Crippen molar-refractivity contribution in [2.75, 3.05) is 11.9 Å². The van der Waals surface area contributed by atoms with E-state index in [1.54, 1.807) is 10.7 Å². The van der Waals surface area contributed by atoms with Crippen molar-refractivity contribution in [2.45, 2.75) is 6.54 Å². The standard InChI is InChI=1S/C10H12ClN5/c1-15(6-8-5-12-16(2)7-8)10-4-3-9(11)13-14-10/h3-5,7H,6H2,1-2H3. The largest absolute Gasteiger partial charge is 0.354 e. The highest BCUT2D eigenvalue weighted by Gasteiger charge is 2.05. The zero-order chi connectivity index (χ0) is 11.5. The maximum atomic E-state index is 5.67. The summed E-state index contributed by atoms with van der Waals surface area (Å²) in [7, 11) is 3.84. The number of anilines is 1. The number of halogens is 1. The van der Waals surface area contributed by atoms with Gasteiger partial charge in [-0.1, -0.05) is 11.6 Å². The van der Waals surface area contributed by atoms with Crippen molar-refractivity contribution >= 4 is 17.4 Å². The van der Waals surface area contributed by atoms with Crippen molar-refractivity contribution in [1.29, 1.82) is 0 Å². The molecule has 2 heterocycles. The first kappa shape index (κ1) is 10.9. The lowest BCUT2D eigenvalue weighted by Gasteiger charge is -2.15. The van der Waals surface area contributed by atoms with Crippen LogP contribution in [0.25, 0.3) is 0 Å². The predicted octanol–water partition coefficient (Wildman–Crippen LogP) is 1.50. The molecule has 0 N–H and O–H groups in total. The third-order valence-electron chi connectivity index (χ3n) is 2.19. The summed E-state index contributed by atoms with van der Waals surface area (Å²) in [5.74, 6) is 0.785. The zero-order valence-corrected chi connectivity index (χ0v) is 9.89. The molecule has 5 nitrogen and oxygen atoms in total. The summed E-state index contributed by atoms with van der Waals surface area (Å²) < 4.78 is 1.77. The first-order valence-electron chi connectivity index (χ1n) is 4.83. The minimum Gasteiger partial charge on any atom is -0.354 e. The molecule has 0 radical (unpaired) electrons. The molecule has 6 heteroatoms. The van der Waals surface area contributed by atoms with E-state index >= 15 is 0 Å². The maximum Gasteiger partial charge on any atom is 0.151 e. The number of aryl methyl sites for hydroxylation is 1. The summed E-state index contributed by atoms with van der Waals surface area (Å²) in [5, 5.41) is 12.3. The van der Waals surface area contributed by atoms with Crippen LogP contribution in [0, 0.1) is 0 Å². The fourth-order valence-corrected chi connectivity index (χ4v) is 1.52. The fourth-order valence-electron chi connectivity index (χ4n) is 1.42. The van der Waals surface area contributed by atoms with Crippen LogP contribution in [0.2, 0.25) is 5.15 Å². The smallest absolute Gasteiger partial charge is 0.151 e. The number of rotatable bonds is 3. The molecule has 0 aliphatic heterocycles. The molecular weight excluding hydrogens is 226 g/mol. The Labute approximate surface area is 98.7 Å². The van der Waals surface area contributed by atoms with Crippen LogP contribution in [-0.2, 0) is 13.6 Å². The number of hydrogen-bond donors (Lipinski definition) is 0. The van der Waals surface area contributed by atoms with Crippen molar-refractivity contribution in [3.8, 4) is 0 Å². The van der Waals surface area contributed by atoms with E-state index < -0.39 is 0 Å². The Morgan fingerprint density at radius 2 is 2.19 bits per heavy atom. The number of nitrogens with zero attached hydrogens (tertiary/aromatic N) is 5.